The van der Waals surface area contributed by atoms with E-state index in [1.165, 1.54) is 11.8 Å². The standard InChI is InChI=1S/C24H24N6O3S/c1-32-20-10-18-19(11-21(20)33-2)27-13-15(12-25)22(18)26-9-8-17-14-28-24(34-17)30-23(31)29-16-6-4-3-5-7-16/h3-7,10-11,13,17H,8-9,14H2,1-2H3,(H,26,27)(H2,28,29,30,31). The summed E-state index contributed by atoms with van der Waals surface area (Å²) in [4.78, 5) is 21.0. The molecule has 2 heterocycles. The molecule has 1 atom stereocenters. The number of hydrogen-bond acceptors (Lipinski definition) is 8. The molecule has 0 saturated heterocycles. The van der Waals surface area contributed by atoms with E-state index in [1.54, 1.807) is 26.5 Å². The number of amidine groups is 1. The quantitative estimate of drug-likeness (QED) is 0.467. The average Bonchev–Trinajstić information content (AvgIpc) is 3.30. The second kappa shape index (κ2) is 10.8. The van der Waals surface area contributed by atoms with Gasteiger partial charge in [0.1, 0.15) is 6.07 Å². The zero-order chi connectivity index (χ0) is 23.9. The summed E-state index contributed by atoms with van der Waals surface area (Å²) in [6, 6.07) is 14.7. The highest BCUT2D eigenvalue weighted by atomic mass is 32.2. The van der Waals surface area contributed by atoms with Gasteiger partial charge in [-0.1, -0.05) is 30.0 Å². The molecule has 0 radical (unpaired) electrons. The van der Waals surface area contributed by atoms with Crippen molar-refractivity contribution >= 4 is 45.2 Å². The van der Waals surface area contributed by atoms with Crippen LogP contribution in [-0.4, -0.2) is 48.7 Å². The zero-order valence-electron chi connectivity index (χ0n) is 18.8. The third-order valence-corrected chi connectivity index (χ3v) is 6.40. The Morgan fingerprint density at radius 1 is 1.18 bits per heavy atom. The second-order valence-corrected chi connectivity index (χ2v) is 8.72. The average molecular weight is 477 g/mol. The van der Waals surface area contributed by atoms with Crippen molar-refractivity contribution in [1.29, 1.82) is 5.26 Å². The Morgan fingerprint density at radius 2 is 1.94 bits per heavy atom. The Hall–Kier alpha value is -3.97. The molecule has 1 aliphatic rings. The first kappa shape index (κ1) is 23.2. The van der Waals surface area contributed by atoms with Crippen LogP contribution in [0.5, 0.6) is 11.5 Å². The van der Waals surface area contributed by atoms with E-state index in [1.807, 2.05) is 36.4 Å². The van der Waals surface area contributed by atoms with Crippen LogP contribution < -0.4 is 25.4 Å². The molecule has 0 aliphatic carbocycles. The number of anilines is 2. The number of nitriles is 1. The first-order chi connectivity index (χ1) is 16.6. The van der Waals surface area contributed by atoms with E-state index >= 15 is 0 Å². The maximum atomic E-state index is 12.2. The van der Waals surface area contributed by atoms with E-state index in [9.17, 15) is 10.1 Å². The summed E-state index contributed by atoms with van der Waals surface area (Å²) in [5.41, 5.74) is 2.58. The fourth-order valence-corrected chi connectivity index (χ4v) is 4.57. The van der Waals surface area contributed by atoms with Gasteiger partial charge in [-0.05, 0) is 24.6 Å². The minimum atomic E-state index is -0.317. The molecule has 0 fully saturated rings. The number of benzene rings is 2. The lowest BCUT2D eigenvalue weighted by Gasteiger charge is -2.15. The van der Waals surface area contributed by atoms with Gasteiger partial charge in [0.05, 0.1) is 37.5 Å². The Balaban J connectivity index is 1.35. The predicted octanol–water partition coefficient (Wildman–Crippen LogP) is 4.22. The molecule has 9 nitrogen and oxygen atoms in total. The van der Waals surface area contributed by atoms with Gasteiger partial charge in [-0.2, -0.15) is 5.26 Å². The lowest BCUT2D eigenvalue weighted by molar-refractivity contribution is 0.256. The number of nitrogens with one attached hydrogen (secondary N) is 3. The minimum Gasteiger partial charge on any atom is -0.493 e. The van der Waals surface area contributed by atoms with Crippen LogP contribution in [0, 0.1) is 11.3 Å². The number of aliphatic imine (C=N–C) groups is 1. The number of nitrogens with zero attached hydrogens (tertiary/aromatic N) is 3. The van der Waals surface area contributed by atoms with Gasteiger partial charge >= 0.3 is 6.03 Å². The number of hydrogen-bond donors (Lipinski definition) is 3. The van der Waals surface area contributed by atoms with E-state index in [0.29, 0.717) is 46.5 Å². The molecule has 0 saturated carbocycles. The molecule has 1 aliphatic heterocycles. The third kappa shape index (κ3) is 5.32. The molecule has 3 N–H and O–H groups in total. The van der Waals surface area contributed by atoms with Gasteiger partial charge in [0, 0.05) is 35.1 Å². The highest BCUT2D eigenvalue weighted by molar-refractivity contribution is 8.14. The number of pyridine rings is 1. The number of thioether (sulfide) groups is 1. The topological polar surface area (TPSA) is 121 Å². The maximum absolute atomic E-state index is 12.2. The molecule has 2 aromatic carbocycles. The number of urea groups is 1. The van der Waals surface area contributed by atoms with Crippen LogP contribution >= 0.6 is 11.8 Å². The summed E-state index contributed by atoms with van der Waals surface area (Å²) in [5, 5.41) is 20.2. The largest absolute Gasteiger partial charge is 0.493 e. The van der Waals surface area contributed by atoms with Crippen LogP contribution in [0.4, 0.5) is 16.2 Å². The SMILES string of the molecule is COc1cc2ncc(C#N)c(NCCC3CN=C(NC(=O)Nc4ccccc4)S3)c2cc1OC. The monoisotopic (exact) mass is 476 g/mol. The predicted molar refractivity (Wildman–Crippen MR) is 135 cm³/mol. The third-order valence-electron chi connectivity index (χ3n) is 5.23. The first-order valence-corrected chi connectivity index (χ1v) is 11.5. The second-order valence-electron chi connectivity index (χ2n) is 7.43. The van der Waals surface area contributed by atoms with Crippen LogP contribution in [0.1, 0.15) is 12.0 Å². The number of ether oxygens (including phenoxy) is 2. The van der Waals surface area contributed by atoms with Crippen molar-refractivity contribution in [2.24, 2.45) is 4.99 Å². The van der Waals surface area contributed by atoms with Gasteiger partial charge in [-0.15, -0.1) is 0 Å². The van der Waals surface area contributed by atoms with Gasteiger partial charge < -0.3 is 20.1 Å². The van der Waals surface area contributed by atoms with Crippen LogP contribution in [0.2, 0.25) is 0 Å². The molecule has 0 spiro atoms. The van der Waals surface area contributed by atoms with E-state index in [-0.39, 0.29) is 11.3 Å². The molecule has 2 amide bonds. The normalized spacial score (nSPS) is 14.7. The highest BCUT2D eigenvalue weighted by Gasteiger charge is 2.21. The number of amides is 2. The van der Waals surface area contributed by atoms with Crippen LogP contribution in [0.25, 0.3) is 10.9 Å². The maximum Gasteiger partial charge on any atom is 0.325 e. The molecule has 1 unspecified atom stereocenters. The molecule has 34 heavy (non-hydrogen) atoms. The lowest BCUT2D eigenvalue weighted by Crippen LogP contribution is -2.32. The fourth-order valence-electron chi connectivity index (χ4n) is 3.57. The van der Waals surface area contributed by atoms with Crippen LogP contribution in [-0.2, 0) is 0 Å². The summed E-state index contributed by atoms with van der Waals surface area (Å²) >= 11 is 1.53. The Kier molecular flexibility index (Phi) is 7.34. The van der Waals surface area contributed by atoms with Gasteiger partial charge in [0.25, 0.3) is 0 Å². The summed E-state index contributed by atoms with van der Waals surface area (Å²) in [6.07, 6.45) is 2.35. The Morgan fingerprint density at radius 3 is 2.68 bits per heavy atom. The van der Waals surface area contributed by atoms with Crippen molar-refractivity contribution in [1.82, 2.24) is 10.3 Å². The van der Waals surface area contributed by atoms with E-state index in [2.05, 4.69) is 32.0 Å². The van der Waals surface area contributed by atoms with Gasteiger partial charge in [-0.3, -0.25) is 15.3 Å². The van der Waals surface area contributed by atoms with Crippen molar-refractivity contribution in [2.45, 2.75) is 11.7 Å². The van der Waals surface area contributed by atoms with Crippen molar-refractivity contribution in [3.63, 3.8) is 0 Å². The lowest BCUT2D eigenvalue weighted by atomic mass is 10.1. The Labute approximate surface area is 201 Å². The van der Waals surface area contributed by atoms with Gasteiger partial charge in [-0.25, -0.2) is 4.79 Å². The van der Waals surface area contributed by atoms with E-state index in [4.69, 9.17) is 9.47 Å². The number of rotatable bonds is 7. The smallest absolute Gasteiger partial charge is 0.325 e. The van der Waals surface area contributed by atoms with Crippen LogP contribution in [0.3, 0.4) is 0 Å². The molecule has 3 aromatic rings. The number of aromatic nitrogens is 1. The molecule has 10 heteroatoms. The molecular weight excluding hydrogens is 452 g/mol. The highest BCUT2D eigenvalue weighted by Crippen LogP contribution is 2.36. The summed E-state index contributed by atoms with van der Waals surface area (Å²) in [6.45, 7) is 1.24. The molecule has 4 rings (SSSR count). The van der Waals surface area contributed by atoms with Gasteiger partial charge in [0.15, 0.2) is 16.7 Å². The van der Waals surface area contributed by atoms with Gasteiger partial charge in [0.2, 0.25) is 0 Å². The number of methoxy groups -OCH3 is 2. The van der Waals surface area contributed by atoms with Crippen molar-refractivity contribution in [2.75, 3.05) is 37.9 Å². The minimum absolute atomic E-state index is 0.216. The van der Waals surface area contributed by atoms with Crippen molar-refractivity contribution in [3.8, 4) is 17.6 Å². The fraction of sp³-hybridized carbons (Fsp3) is 0.250. The molecule has 0 bridgehead atoms. The number of carbonyl (C=O) groups excluding carboxylic acids is 1. The van der Waals surface area contributed by atoms with E-state index < -0.39 is 0 Å². The molecule has 174 valence electrons. The summed E-state index contributed by atoms with van der Waals surface area (Å²) < 4.78 is 10.8. The summed E-state index contributed by atoms with van der Waals surface area (Å²) in [5.74, 6) is 1.15. The van der Waals surface area contributed by atoms with Crippen LogP contribution in [0.15, 0.2) is 53.7 Å². The van der Waals surface area contributed by atoms with E-state index in [0.717, 1.165) is 17.5 Å². The molecule has 1 aromatic heterocycles. The number of fused-ring (bicyclic) bond motifs is 1. The van der Waals surface area contributed by atoms with Crippen molar-refractivity contribution < 1.29 is 14.3 Å². The summed E-state index contributed by atoms with van der Waals surface area (Å²) in [7, 11) is 3.14. The zero-order valence-corrected chi connectivity index (χ0v) is 19.6. The first-order valence-electron chi connectivity index (χ1n) is 10.6. The number of para-hydroxylation sites is 1. The number of carbonyl (C=O) groups is 1. The molecular formula is C24H24N6O3S. The van der Waals surface area contributed by atoms with Crippen molar-refractivity contribution in [3.05, 3.63) is 54.2 Å². The Bertz CT molecular complexity index is 1260.